The maximum atomic E-state index is 4.18. The van der Waals surface area contributed by atoms with Crippen LogP contribution in [0.5, 0.6) is 0 Å². The van der Waals surface area contributed by atoms with Crippen LogP contribution in [0.15, 0.2) is 48.8 Å². The molecule has 3 heteroatoms. The lowest BCUT2D eigenvalue weighted by molar-refractivity contribution is 0.689. The molecule has 0 aliphatic carbocycles. The highest BCUT2D eigenvalue weighted by molar-refractivity contribution is 5.47. The molecule has 2 aromatic rings. The molecule has 0 amide bonds. The van der Waals surface area contributed by atoms with E-state index in [1.807, 2.05) is 33.4 Å². The summed E-state index contributed by atoms with van der Waals surface area (Å²) in [7, 11) is 6.06. The van der Waals surface area contributed by atoms with E-state index >= 15 is 0 Å². The molecule has 1 aromatic heterocycles. The molecule has 2 rings (SSSR count). The topological polar surface area (TPSA) is 28.2 Å². The zero-order valence-corrected chi connectivity index (χ0v) is 11.1. The minimum Gasteiger partial charge on any atom is -0.378 e. The van der Waals surface area contributed by atoms with Gasteiger partial charge in [-0.15, -0.1) is 0 Å². The molecule has 94 valence electrons. The van der Waals surface area contributed by atoms with Gasteiger partial charge < -0.3 is 10.2 Å². The highest BCUT2D eigenvalue weighted by Crippen LogP contribution is 2.23. The summed E-state index contributed by atoms with van der Waals surface area (Å²) in [5, 5.41) is 3.33. The Morgan fingerprint density at radius 2 is 1.78 bits per heavy atom. The predicted molar refractivity (Wildman–Crippen MR) is 75.9 cm³/mol. The van der Waals surface area contributed by atoms with Crippen molar-refractivity contribution in [3.63, 3.8) is 0 Å². The summed E-state index contributed by atoms with van der Waals surface area (Å²) in [6.45, 7) is 0. The molecule has 0 saturated carbocycles. The third-order valence-corrected chi connectivity index (χ3v) is 3.05. The van der Waals surface area contributed by atoms with E-state index in [1.165, 1.54) is 16.8 Å². The van der Waals surface area contributed by atoms with Crippen molar-refractivity contribution in [2.24, 2.45) is 0 Å². The molecule has 18 heavy (non-hydrogen) atoms. The molecule has 1 N–H and O–H groups in total. The number of hydrogen-bond acceptors (Lipinski definition) is 3. The van der Waals surface area contributed by atoms with Gasteiger partial charge in [0.1, 0.15) is 0 Å². The number of nitrogens with one attached hydrogen (secondary N) is 1. The summed E-state index contributed by atoms with van der Waals surface area (Å²) in [4.78, 5) is 6.28. The lowest BCUT2D eigenvalue weighted by Gasteiger charge is -2.18. The van der Waals surface area contributed by atoms with E-state index in [4.69, 9.17) is 0 Å². The molecule has 0 saturated heterocycles. The van der Waals surface area contributed by atoms with E-state index in [0.29, 0.717) is 0 Å². The molecule has 0 radical (unpaired) electrons. The first-order valence-corrected chi connectivity index (χ1v) is 6.07. The van der Waals surface area contributed by atoms with Crippen molar-refractivity contribution in [2.45, 2.75) is 6.04 Å². The van der Waals surface area contributed by atoms with Crippen molar-refractivity contribution < 1.29 is 0 Å². The smallest absolute Gasteiger partial charge is 0.0589 e. The lowest BCUT2D eigenvalue weighted by Crippen LogP contribution is -2.18. The second kappa shape index (κ2) is 5.65. The molecule has 3 nitrogen and oxygen atoms in total. The fourth-order valence-electron chi connectivity index (χ4n) is 2.04. The third-order valence-electron chi connectivity index (χ3n) is 3.05. The average molecular weight is 241 g/mol. The Kier molecular flexibility index (Phi) is 3.95. The summed E-state index contributed by atoms with van der Waals surface area (Å²) in [6.07, 6.45) is 3.70. The second-order valence-electron chi connectivity index (χ2n) is 4.49. The molecule has 0 fully saturated rings. The molecule has 0 bridgehead atoms. The van der Waals surface area contributed by atoms with Crippen molar-refractivity contribution >= 4 is 5.69 Å². The normalized spacial score (nSPS) is 12.2. The van der Waals surface area contributed by atoms with Gasteiger partial charge in [-0.25, -0.2) is 0 Å². The van der Waals surface area contributed by atoms with Crippen LogP contribution in [-0.4, -0.2) is 26.1 Å². The highest BCUT2D eigenvalue weighted by Gasteiger charge is 2.11. The minimum absolute atomic E-state index is 0.190. The quantitative estimate of drug-likeness (QED) is 0.891. The van der Waals surface area contributed by atoms with Crippen LogP contribution in [0.2, 0.25) is 0 Å². The van der Waals surface area contributed by atoms with Crippen molar-refractivity contribution in [3.05, 3.63) is 59.9 Å². The Bertz CT molecular complexity index is 477. The zero-order chi connectivity index (χ0) is 13.0. The summed E-state index contributed by atoms with van der Waals surface area (Å²) in [5.41, 5.74) is 3.63. The summed E-state index contributed by atoms with van der Waals surface area (Å²) in [6, 6.07) is 12.8. The van der Waals surface area contributed by atoms with Gasteiger partial charge in [-0.05, 0) is 36.4 Å². The van der Waals surface area contributed by atoms with E-state index in [0.717, 1.165) is 0 Å². The number of pyridine rings is 1. The Morgan fingerprint density at radius 3 is 2.28 bits per heavy atom. The van der Waals surface area contributed by atoms with Crippen LogP contribution in [-0.2, 0) is 0 Å². The van der Waals surface area contributed by atoms with Crippen molar-refractivity contribution in [3.8, 4) is 0 Å². The van der Waals surface area contributed by atoms with Crippen molar-refractivity contribution in [1.29, 1.82) is 0 Å². The van der Waals surface area contributed by atoms with Gasteiger partial charge >= 0.3 is 0 Å². The number of hydrogen-bond donors (Lipinski definition) is 1. The molecule has 1 aromatic carbocycles. The summed E-state index contributed by atoms with van der Waals surface area (Å²) >= 11 is 0. The van der Waals surface area contributed by atoms with Crippen LogP contribution in [0.1, 0.15) is 17.2 Å². The first kappa shape index (κ1) is 12.6. The average Bonchev–Trinajstić information content (AvgIpc) is 2.41. The number of anilines is 1. The van der Waals surface area contributed by atoms with Gasteiger partial charge in [-0.2, -0.15) is 0 Å². The largest absolute Gasteiger partial charge is 0.378 e. The molecule has 1 heterocycles. The minimum atomic E-state index is 0.190. The second-order valence-corrected chi connectivity index (χ2v) is 4.49. The zero-order valence-electron chi connectivity index (χ0n) is 11.1. The Morgan fingerprint density at radius 1 is 1.06 bits per heavy atom. The number of nitrogens with zero attached hydrogens (tertiary/aromatic N) is 2. The summed E-state index contributed by atoms with van der Waals surface area (Å²) < 4.78 is 0. The van der Waals surface area contributed by atoms with Crippen LogP contribution >= 0.6 is 0 Å². The Hall–Kier alpha value is -1.87. The molecule has 0 aliphatic rings. The van der Waals surface area contributed by atoms with E-state index in [-0.39, 0.29) is 6.04 Å². The molecular weight excluding hydrogens is 222 g/mol. The predicted octanol–water partition coefficient (Wildman–Crippen LogP) is 2.46. The Labute approximate surface area is 108 Å². The van der Waals surface area contributed by atoms with Gasteiger partial charge in [0.15, 0.2) is 0 Å². The number of benzene rings is 1. The van der Waals surface area contributed by atoms with Gasteiger partial charge in [0.2, 0.25) is 0 Å². The lowest BCUT2D eigenvalue weighted by atomic mass is 10.00. The van der Waals surface area contributed by atoms with Crippen LogP contribution in [0.3, 0.4) is 0 Å². The van der Waals surface area contributed by atoms with E-state index < -0.39 is 0 Å². The van der Waals surface area contributed by atoms with E-state index in [1.54, 1.807) is 6.20 Å². The van der Waals surface area contributed by atoms with Crippen LogP contribution in [0.25, 0.3) is 0 Å². The van der Waals surface area contributed by atoms with Crippen molar-refractivity contribution in [2.75, 3.05) is 26.0 Å². The fourth-order valence-corrected chi connectivity index (χ4v) is 2.04. The van der Waals surface area contributed by atoms with Crippen LogP contribution < -0.4 is 10.2 Å². The first-order chi connectivity index (χ1) is 8.72. The van der Waals surface area contributed by atoms with Gasteiger partial charge in [0.05, 0.1) is 6.04 Å². The standard InChI is InChI=1S/C15H19N3/c1-16-15(13-5-4-10-17-11-13)12-6-8-14(9-7-12)18(2)3/h4-11,15-16H,1-3H3. The number of aromatic nitrogens is 1. The Balaban J connectivity index is 2.28. The van der Waals surface area contributed by atoms with Crippen molar-refractivity contribution in [1.82, 2.24) is 10.3 Å². The highest BCUT2D eigenvalue weighted by atomic mass is 15.1. The molecule has 1 atom stereocenters. The van der Waals surface area contributed by atoms with Crippen LogP contribution in [0.4, 0.5) is 5.69 Å². The maximum Gasteiger partial charge on any atom is 0.0589 e. The SMILES string of the molecule is CNC(c1ccc(N(C)C)cc1)c1cccnc1. The first-order valence-electron chi connectivity index (χ1n) is 6.07. The fraction of sp³-hybridized carbons (Fsp3) is 0.267. The van der Waals surface area contributed by atoms with E-state index in [9.17, 15) is 0 Å². The summed E-state index contributed by atoms with van der Waals surface area (Å²) in [5.74, 6) is 0. The molecule has 0 aliphatic heterocycles. The van der Waals surface area contributed by atoms with Gasteiger partial charge in [-0.3, -0.25) is 4.98 Å². The van der Waals surface area contributed by atoms with Gasteiger partial charge in [0, 0.05) is 32.2 Å². The molecule has 0 spiro atoms. The van der Waals surface area contributed by atoms with Crippen LogP contribution in [0, 0.1) is 0 Å². The maximum absolute atomic E-state index is 4.18. The molecule has 1 unspecified atom stereocenters. The number of rotatable bonds is 4. The monoisotopic (exact) mass is 241 g/mol. The third kappa shape index (κ3) is 2.68. The molecular formula is C15H19N3. The van der Waals surface area contributed by atoms with E-state index in [2.05, 4.69) is 45.5 Å². The van der Waals surface area contributed by atoms with Gasteiger partial charge in [0.25, 0.3) is 0 Å². The van der Waals surface area contributed by atoms with Gasteiger partial charge in [-0.1, -0.05) is 18.2 Å².